The first-order chi connectivity index (χ1) is 8.49. The number of benzene rings is 2. The standard InChI is InChI=1S/C15H13Br3/c1-9-3-4-10(2)12(7-9)15(18)13-8-11(16)5-6-14(13)17/h3-8,15H,1-2H3. The summed E-state index contributed by atoms with van der Waals surface area (Å²) >= 11 is 11.0. The highest BCUT2D eigenvalue weighted by atomic mass is 79.9. The fourth-order valence-corrected chi connectivity index (χ4v) is 3.94. The van der Waals surface area contributed by atoms with E-state index in [9.17, 15) is 0 Å². The largest absolute Gasteiger partial charge is 0.0786 e. The lowest BCUT2D eigenvalue weighted by Crippen LogP contribution is -1.97. The Kier molecular flexibility index (Phi) is 4.68. The van der Waals surface area contributed by atoms with Crippen molar-refractivity contribution in [1.82, 2.24) is 0 Å². The van der Waals surface area contributed by atoms with Crippen molar-refractivity contribution in [2.75, 3.05) is 0 Å². The Hall–Kier alpha value is -0.120. The molecule has 0 aliphatic carbocycles. The Morgan fingerprint density at radius 2 is 1.61 bits per heavy atom. The summed E-state index contributed by atoms with van der Waals surface area (Å²) < 4.78 is 2.21. The molecule has 2 rings (SSSR count). The van der Waals surface area contributed by atoms with Crippen molar-refractivity contribution in [1.29, 1.82) is 0 Å². The van der Waals surface area contributed by atoms with E-state index in [2.05, 4.69) is 92.0 Å². The van der Waals surface area contributed by atoms with Gasteiger partial charge >= 0.3 is 0 Å². The van der Waals surface area contributed by atoms with Crippen LogP contribution in [0.1, 0.15) is 27.1 Å². The summed E-state index contributed by atoms with van der Waals surface area (Å²) in [5.41, 5.74) is 5.13. The lowest BCUT2D eigenvalue weighted by atomic mass is 9.98. The van der Waals surface area contributed by atoms with E-state index in [1.54, 1.807) is 0 Å². The zero-order chi connectivity index (χ0) is 13.3. The van der Waals surface area contributed by atoms with E-state index in [0.717, 1.165) is 8.95 Å². The van der Waals surface area contributed by atoms with Gasteiger partial charge in [-0.2, -0.15) is 0 Å². The minimum atomic E-state index is 0.198. The van der Waals surface area contributed by atoms with Crippen molar-refractivity contribution >= 4 is 47.8 Å². The molecule has 0 N–H and O–H groups in total. The van der Waals surface area contributed by atoms with Crippen molar-refractivity contribution in [3.8, 4) is 0 Å². The molecular formula is C15H13Br3. The molecule has 94 valence electrons. The van der Waals surface area contributed by atoms with Gasteiger partial charge in [0.25, 0.3) is 0 Å². The first-order valence-electron chi connectivity index (χ1n) is 5.65. The lowest BCUT2D eigenvalue weighted by molar-refractivity contribution is 1.12. The van der Waals surface area contributed by atoms with Crippen LogP contribution in [0.15, 0.2) is 45.3 Å². The molecule has 1 atom stereocenters. The molecule has 0 spiro atoms. The van der Waals surface area contributed by atoms with E-state index < -0.39 is 0 Å². The summed E-state index contributed by atoms with van der Waals surface area (Å²) in [6.45, 7) is 4.27. The Morgan fingerprint density at radius 1 is 0.889 bits per heavy atom. The number of alkyl halides is 1. The molecule has 0 radical (unpaired) electrons. The van der Waals surface area contributed by atoms with E-state index in [-0.39, 0.29) is 4.83 Å². The fraction of sp³-hybridized carbons (Fsp3) is 0.200. The van der Waals surface area contributed by atoms with E-state index >= 15 is 0 Å². The second kappa shape index (κ2) is 5.89. The summed E-state index contributed by atoms with van der Waals surface area (Å²) in [6.07, 6.45) is 0. The molecular weight excluding hydrogens is 420 g/mol. The van der Waals surface area contributed by atoms with E-state index in [0.29, 0.717) is 0 Å². The number of hydrogen-bond donors (Lipinski definition) is 0. The van der Waals surface area contributed by atoms with Crippen LogP contribution in [-0.2, 0) is 0 Å². The van der Waals surface area contributed by atoms with E-state index in [4.69, 9.17) is 0 Å². The summed E-state index contributed by atoms with van der Waals surface area (Å²) in [5, 5.41) is 0. The van der Waals surface area contributed by atoms with Crippen LogP contribution in [0.4, 0.5) is 0 Å². The third-order valence-electron chi connectivity index (χ3n) is 2.94. The van der Waals surface area contributed by atoms with Gasteiger partial charge in [-0.25, -0.2) is 0 Å². The maximum Gasteiger partial charge on any atom is 0.0658 e. The third kappa shape index (κ3) is 3.06. The highest BCUT2D eigenvalue weighted by molar-refractivity contribution is 9.11. The maximum absolute atomic E-state index is 3.81. The summed E-state index contributed by atoms with van der Waals surface area (Å²) in [6, 6.07) is 12.8. The molecule has 1 unspecified atom stereocenters. The number of hydrogen-bond acceptors (Lipinski definition) is 0. The molecule has 2 aromatic carbocycles. The second-order valence-electron chi connectivity index (χ2n) is 4.39. The molecule has 0 aliphatic heterocycles. The predicted octanol–water partition coefficient (Wildman–Crippen LogP) is 6.31. The molecule has 0 heterocycles. The second-order valence-corrected chi connectivity index (χ2v) is 7.07. The van der Waals surface area contributed by atoms with Gasteiger partial charge in [-0.3, -0.25) is 0 Å². The highest BCUT2D eigenvalue weighted by Gasteiger charge is 2.16. The molecule has 0 aromatic heterocycles. The van der Waals surface area contributed by atoms with Crippen molar-refractivity contribution in [3.63, 3.8) is 0 Å². The van der Waals surface area contributed by atoms with Crippen LogP contribution in [0.5, 0.6) is 0 Å². The van der Waals surface area contributed by atoms with Crippen molar-refractivity contribution in [2.24, 2.45) is 0 Å². The van der Waals surface area contributed by atoms with Crippen LogP contribution in [0, 0.1) is 13.8 Å². The minimum Gasteiger partial charge on any atom is -0.0786 e. The molecule has 2 aromatic rings. The minimum absolute atomic E-state index is 0.198. The van der Waals surface area contributed by atoms with Crippen LogP contribution in [0.3, 0.4) is 0 Å². The van der Waals surface area contributed by atoms with Gasteiger partial charge in [-0.15, -0.1) is 0 Å². The Bertz CT molecular complexity index is 524. The molecule has 0 amide bonds. The van der Waals surface area contributed by atoms with E-state index in [1.165, 1.54) is 22.3 Å². The Labute approximate surface area is 133 Å². The average molecular weight is 433 g/mol. The van der Waals surface area contributed by atoms with Crippen molar-refractivity contribution in [3.05, 3.63) is 67.6 Å². The van der Waals surface area contributed by atoms with Crippen molar-refractivity contribution < 1.29 is 0 Å². The maximum atomic E-state index is 3.81. The van der Waals surface area contributed by atoms with Gasteiger partial charge in [-0.05, 0) is 48.7 Å². The third-order valence-corrected chi connectivity index (χ3v) is 5.14. The molecule has 0 saturated carbocycles. The Morgan fingerprint density at radius 3 is 2.33 bits per heavy atom. The first kappa shape index (κ1) is 14.3. The molecule has 0 saturated heterocycles. The van der Waals surface area contributed by atoms with Gasteiger partial charge in [-0.1, -0.05) is 71.6 Å². The highest BCUT2D eigenvalue weighted by Crippen LogP contribution is 2.38. The van der Waals surface area contributed by atoms with Crippen LogP contribution in [0.25, 0.3) is 0 Å². The number of aryl methyl sites for hydroxylation is 2. The summed E-state index contributed by atoms with van der Waals surface area (Å²) in [5.74, 6) is 0. The lowest BCUT2D eigenvalue weighted by Gasteiger charge is -2.16. The van der Waals surface area contributed by atoms with Crippen LogP contribution >= 0.6 is 47.8 Å². The molecule has 18 heavy (non-hydrogen) atoms. The summed E-state index contributed by atoms with van der Waals surface area (Å²) in [7, 11) is 0. The van der Waals surface area contributed by atoms with Gasteiger partial charge in [0.1, 0.15) is 0 Å². The first-order valence-corrected chi connectivity index (χ1v) is 8.15. The fourth-order valence-electron chi connectivity index (χ4n) is 1.91. The van der Waals surface area contributed by atoms with Crippen molar-refractivity contribution in [2.45, 2.75) is 18.7 Å². The van der Waals surface area contributed by atoms with Gasteiger partial charge in [0.15, 0.2) is 0 Å². The van der Waals surface area contributed by atoms with Gasteiger partial charge in [0, 0.05) is 8.95 Å². The Balaban J connectivity index is 2.50. The quantitative estimate of drug-likeness (QED) is 0.487. The predicted molar refractivity (Wildman–Crippen MR) is 88.5 cm³/mol. The molecule has 3 heteroatoms. The monoisotopic (exact) mass is 430 g/mol. The van der Waals surface area contributed by atoms with Crippen LogP contribution < -0.4 is 0 Å². The summed E-state index contributed by atoms with van der Waals surface area (Å²) in [4.78, 5) is 0.198. The number of rotatable bonds is 2. The SMILES string of the molecule is Cc1ccc(C)c(C(Br)c2cc(Br)ccc2Br)c1. The zero-order valence-electron chi connectivity index (χ0n) is 10.2. The molecule has 0 fully saturated rings. The smallest absolute Gasteiger partial charge is 0.0658 e. The van der Waals surface area contributed by atoms with Gasteiger partial charge in [0.2, 0.25) is 0 Å². The molecule has 0 aliphatic rings. The zero-order valence-corrected chi connectivity index (χ0v) is 14.9. The van der Waals surface area contributed by atoms with Gasteiger partial charge in [0.05, 0.1) is 4.83 Å². The van der Waals surface area contributed by atoms with Gasteiger partial charge < -0.3 is 0 Å². The average Bonchev–Trinajstić information content (AvgIpc) is 2.34. The van der Waals surface area contributed by atoms with E-state index in [1.807, 2.05) is 6.07 Å². The van der Waals surface area contributed by atoms with Crippen LogP contribution in [0.2, 0.25) is 0 Å². The normalized spacial score (nSPS) is 12.5. The van der Waals surface area contributed by atoms with Crippen LogP contribution in [-0.4, -0.2) is 0 Å². The molecule has 0 bridgehead atoms. The number of halogens is 3. The molecule has 0 nitrogen and oxygen atoms in total. The topological polar surface area (TPSA) is 0 Å².